The highest BCUT2D eigenvalue weighted by molar-refractivity contribution is 6.30. The first-order valence-electron chi connectivity index (χ1n) is 14.4. The van der Waals surface area contributed by atoms with Crippen LogP contribution in [-0.4, -0.2) is 68.6 Å². The van der Waals surface area contributed by atoms with Gasteiger partial charge >= 0.3 is 0 Å². The van der Waals surface area contributed by atoms with E-state index in [-0.39, 0.29) is 25.9 Å². The second-order valence-corrected chi connectivity index (χ2v) is 11.2. The monoisotopic (exact) mass is 612 g/mol. The summed E-state index contributed by atoms with van der Waals surface area (Å²) in [6, 6.07) is 19.6. The molecular formula is C33H33ClN6O4. The topological polar surface area (TPSA) is 139 Å². The van der Waals surface area contributed by atoms with E-state index in [1.54, 1.807) is 30.3 Å². The number of hydrogen-bond acceptors (Lipinski definition) is 6. The van der Waals surface area contributed by atoms with Gasteiger partial charge in [0.05, 0.1) is 13.0 Å². The Morgan fingerprint density at radius 1 is 1.02 bits per heavy atom. The first-order chi connectivity index (χ1) is 21.2. The van der Waals surface area contributed by atoms with Crippen LogP contribution < -0.4 is 11.1 Å². The highest BCUT2D eigenvalue weighted by Gasteiger charge is 2.43. The van der Waals surface area contributed by atoms with Crippen LogP contribution in [0.5, 0.6) is 0 Å². The van der Waals surface area contributed by atoms with Gasteiger partial charge in [0.1, 0.15) is 17.9 Å². The largest absolute Gasteiger partial charge is 0.368 e. The summed E-state index contributed by atoms with van der Waals surface area (Å²) in [5.41, 5.74) is 7.34. The average molecular weight is 613 g/mol. The minimum absolute atomic E-state index is 0.0947. The van der Waals surface area contributed by atoms with Crippen molar-refractivity contribution in [2.24, 2.45) is 5.73 Å². The molecule has 4 aromatic rings. The van der Waals surface area contributed by atoms with E-state index in [0.29, 0.717) is 22.8 Å². The molecule has 10 nitrogen and oxygen atoms in total. The molecule has 3 atom stereocenters. The number of primary amides is 1. The van der Waals surface area contributed by atoms with E-state index in [9.17, 15) is 19.2 Å². The van der Waals surface area contributed by atoms with Gasteiger partial charge in [-0.25, -0.2) is 9.97 Å². The molecule has 1 fully saturated rings. The van der Waals surface area contributed by atoms with E-state index in [1.165, 1.54) is 22.2 Å². The molecule has 1 unspecified atom stereocenters. The van der Waals surface area contributed by atoms with E-state index < -0.39 is 41.8 Å². The summed E-state index contributed by atoms with van der Waals surface area (Å²) >= 11 is 6.34. The van der Waals surface area contributed by atoms with Crippen molar-refractivity contribution in [3.63, 3.8) is 0 Å². The molecule has 0 saturated carbocycles. The van der Waals surface area contributed by atoms with Crippen molar-refractivity contribution in [3.05, 3.63) is 107 Å². The molecule has 3 N–H and O–H groups in total. The number of aromatic nitrogens is 2. The molecule has 3 aromatic carbocycles. The van der Waals surface area contributed by atoms with Gasteiger partial charge in [-0.2, -0.15) is 0 Å². The second kappa shape index (κ2) is 13.6. The lowest BCUT2D eigenvalue weighted by Crippen LogP contribution is -2.53. The Balaban J connectivity index is 1.44. The van der Waals surface area contributed by atoms with Crippen molar-refractivity contribution in [2.45, 2.75) is 44.3 Å². The number of nitrogens with zero attached hydrogens (tertiary/aromatic N) is 4. The van der Waals surface area contributed by atoms with Crippen LogP contribution in [0, 0.1) is 0 Å². The van der Waals surface area contributed by atoms with E-state index >= 15 is 0 Å². The molecule has 11 heteroatoms. The predicted molar refractivity (Wildman–Crippen MR) is 166 cm³/mol. The fourth-order valence-corrected chi connectivity index (χ4v) is 5.92. The summed E-state index contributed by atoms with van der Waals surface area (Å²) in [5, 5.41) is 5.01. The van der Waals surface area contributed by atoms with Gasteiger partial charge in [-0.3, -0.25) is 19.2 Å². The number of amides is 4. The number of rotatable bonds is 9. The van der Waals surface area contributed by atoms with Gasteiger partial charge in [0.25, 0.3) is 5.91 Å². The van der Waals surface area contributed by atoms with Gasteiger partial charge in [-0.1, -0.05) is 66.2 Å². The number of halogens is 1. The first kappa shape index (κ1) is 30.6. The molecule has 0 bridgehead atoms. The minimum Gasteiger partial charge on any atom is -0.368 e. The van der Waals surface area contributed by atoms with Gasteiger partial charge in [0.2, 0.25) is 17.7 Å². The molecule has 0 radical (unpaired) electrons. The highest BCUT2D eigenvalue weighted by atomic mass is 35.5. The molecular weight excluding hydrogens is 580 g/mol. The maximum Gasteiger partial charge on any atom is 0.250 e. The van der Waals surface area contributed by atoms with Crippen LogP contribution in [0.1, 0.15) is 36.3 Å². The van der Waals surface area contributed by atoms with Gasteiger partial charge in [-0.15, -0.1) is 0 Å². The quantitative estimate of drug-likeness (QED) is 0.298. The van der Waals surface area contributed by atoms with Crippen LogP contribution in [0.15, 0.2) is 85.2 Å². The number of nitrogens with two attached hydrogens (primary N) is 1. The van der Waals surface area contributed by atoms with Crippen molar-refractivity contribution < 1.29 is 19.2 Å². The van der Waals surface area contributed by atoms with Crippen molar-refractivity contribution in [1.29, 1.82) is 0 Å². The van der Waals surface area contributed by atoms with Crippen LogP contribution in [0.3, 0.4) is 0 Å². The first-order valence-corrected chi connectivity index (χ1v) is 14.8. The molecule has 5 rings (SSSR count). The standard InChI is InChI=1S/C33H33ClN6O4/c1-21-13-16-39(27(32(35)43)18-23-9-4-8-22-7-2-3-12-26(22)23)33(44)31(24-10-5-11-25(34)17-24)40(21)30(42)20-38-29(41)19-28-36-14-6-15-37-28/h2-12,14-15,17,21,27,31H,13,16,18-20H2,1H3,(H2,35,43)(H,38,41)/t21-,27?,31+/m1/s1. The van der Waals surface area contributed by atoms with Crippen LogP contribution >= 0.6 is 11.6 Å². The second-order valence-electron chi connectivity index (χ2n) is 10.8. The number of nitrogens with one attached hydrogen (secondary N) is 1. The van der Waals surface area contributed by atoms with Gasteiger partial charge in [0.15, 0.2) is 0 Å². The van der Waals surface area contributed by atoms with E-state index in [0.717, 1.165) is 16.3 Å². The molecule has 1 aliphatic rings. The Morgan fingerprint density at radius 2 is 1.75 bits per heavy atom. The minimum atomic E-state index is -1.09. The van der Waals surface area contributed by atoms with Crippen LogP contribution in [0.2, 0.25) is 5.02 Å². The summed E-state index contributed by atoms with van der Waals surface area (Å²) in [5.74, 6) is -1.64. The zero-order chi connectivity index (χ0) is 31.2. The molecule has 0 spiro atoms. The summed E-state index contributed by atoms with van der Waals surface area (Å²) < 4.78 is 0. The smallest absolute Gasteiger partial charge is 0.250 e. The molecule has 4 amide bonds. The third kappa shape index (κ3) is 6.86. The maximum absolute atomic E-state index is 14.5. The summed E-state index contributed by atoms with van der Waals surface area (Å²) in [6.07, 6.45) is 3.57. The van der Waals surface area contributed by atoms with Crippen LogP contribution in [0.25, 0.3) is 10.8 Å². The Bertz CT molecular complexity index is 1680. The van der Waals surface area contributed by atoms with Crippen LogP contribution in [-0.2, 0) is 32.0 Å². The van der Waals surface area contributed by atoms with Crippen molar-refractivity contribution in [1.82, 2.24) is 25.1 Å². The average Bonchev–Trinajstić information content (AvgIpc) is 3.14. The van der Waals surface area contributed by atoms with Gasteiger partial charge < -0.3 is 20.9 Å². The summed E-state index contributed by atoms with van der Waals surface area (Å²) in [7, 11) is 0. The number of benzene rings is 3. The summed E-state index contributed by atoms with van der Waals surface area (Å²) in [6.45, 7) is 1.71. The normalized spacial score (nSPS) is 17.6. The lowest BCUT2D eigenvalue weighted by Gasteiger charge is -2.36. The Hall–Kier alpha value is -4.83. The Labute approximate surface area is 260 Å². The molecule has 1 aliphatic heterocycles. The predicted octanol–water partition coefficient (Wildman–Crippen LogP) is 3.23. The summed E-state index contributed by atoms with van der Waals surface area (Å²) in [4.78, 5) is 64.9. The lowest BCUT2D eigenvalue weighted by molar-refractivity contribution is -0.148. The van der Waals surface area contributed by atoms with E-state index in [2.05, 4.69) is 15.3 Å². The third-order valence-electron chi connectivity index (χ3n) is 7.88. The van der Waals surface area contributed by atoms with Crippen molar-refractivity contribution in [2.75, 3.05) is 13.1 Å². The number of hydrogen-bond donors (Lipinski definition) is 2. The Morgan fingerprint density at radius 3 is 2.50 bits per heavy atom. The van der Waals surface area contributed by atoms with Crippen molar-refractivity contribution >= 4 is 46.0 Å². The molecule has 44 heavy (non-hydrogen) atoms. The number of fused-ring (bicyclic) bond motifs is 1. The van der Waals surface area contributed by atoms with Gasteiger partial charge in [0, 0.05) is 36.4 Å². The third-order valence-corrected chi connectivity index (χ3v) is 8.12. The SMILES string of the molecule is C[C@@H]1CCN(C(Cc2cccc3ccccc23)C(N)=O)C(=O)[C@H](c2cccc(Cl)c2)N1C(=O)CNC(=O)Cc1ncccn1. The molecule has 226 valence electrons. The molecule has 1 saturated heterocycles. The highest BCUT2D eigenvalue weighted by Crippen LogP contribution is 2.33. The zero-order valence-electron chi connectivity index (χ0n) is 24.2. The Kier molecular flexibility index (Phi) is 9.50. The number of carbonyl (C=O) groups excluding carboxylic acids is 4. The molecule has 2 heterocycles. The molecule has 1 aromatic heterocycles. The fraction of sp³-hybridized carbons (Fsp3) is 0.273. The van der Waals surface area contributed by atoms with Crippen LogP contribution in [0.4, 0.5) is 0 Å². The lowest BCUT2D eigenvalue weighted by atomic mass is 9.96. The number of carbonyl (C=O) groups is 4. The maximum atomic E-state index is 14.5. The fourth-order valence-electron chi connectivity index (χ4n) is 5.72. The van der Waals surface area contributed by atoms with E-state index in [4.69, 9.17) is 17.3 Å². The van der Waals surface area contributed by atoms with Crippen molar-refractivity contribution in [3.8, 4) is 0 Å². The zero-order valence-corrected chi connectivity index (χ0v) is 25.0. The van der Waals surface area contributed by atoms with Gasteiger partial charge in [-0.05, 0) is 53.4 Å². The molecule has 0 aliphatic carbocycles. The van der Waals surface area contributed by atoms with E-state index in [1.807, 2.05) is 49.4 Å².